The molecule has 0 saturated heterocycles. The molecule has 0 radical (unpaired) electrons. The van der Waals surface area contributed by atoms with Crippen molar-refractivity contribution >= 4 is 5.69 Å². The fourth-order valence-corrected chi connectivity index (χ4v) is 2.17. The molecule has 1 aromatic carbocycles. The van der Waals surface area contributed by atoms with Crippen LogP contribution in [-0.4, -0.2) is 18.0 Å². The summed E-state index contributed by atoms with van der Waals surface area (Å²) < 4.78 is 0. The molecule has 1 aromatic rings. The van der Waals surface area contributed by atoms with Crippen LogP contribution in [0.25, 0.3) is 0 Å². The number of non-ortho nitro benzene ring substituents is 1. The van der Waals surface area contributed by atoms with E-state index in [1.165, 1.54) is 31.2 Å². The minimum atomic E-state index is -0.355. The average molecular weight is 278 g/mol. The number of unbranched alkanes of at least 4 members (excludes halogenated alkanes) is 4. The van der Waals surface area contributed by atoms with Gasteiger partial charge in [-0.25, -0.2) is 0 Å². The van der Waals surface area contributed by atoms with Gasteiger partial charge in [-0.1, -0.05) is 38.3 Å². The largest absolute Gasteiger partial charge is 0.317 e. The Labute approximate surface area is 121 Å². The van der Waals surface area contributed by atoms with Gasteiger partial charge in [-0.05, 0) is 44.3 Å². The fourth-order valence-electron chi connectivity index (χ4n) is 2.17. The van der Waals surface area contributed by atoms with Gasteiger partial charge in [0.25, 0.3) is 5.69 Å². The zero-order valence-electron chi connectivity index (χ0n) is 12.4. The summed E-state index contributed by atoms with van der Waals surface area (Å²) in [6, 6.07) is 6.88. The third-order valence-corrected chi connectivity index (χ3v) is 3.42. The van der Waals surface area contributed by atoms with E-state index in [1.807, 2.05) is 12.1 Å². The van der Waals surface area contributed by atoms with Gasteiger partial charge in [0.1, 0.15) is 0 Å². The molecule has 0 saturated carbocycles. The smallest absolute Gasteiger partial charge is 0.269 e. The van der Waals surface area contributed by atoms with Gasteiger partial charge in [-0.2, -0.15) is 0 Å². The van der Waals surface area contributed by atoms with E-state index in [0.29, 0.717) is 0 Å². The summed E-state index contributed by atoms with van der Waals surface area (Å²) in [6.45, 7) is 4.42. The van der Waals surface area contributed by atoms with Crippen molar-refractivity contribution in [3.8, 4) is 0 Å². The first kappa shape index (κ1) is 16.6. The standard InChI is InChI=1S/C16H26N2O2/c1-2-3-4-6-13-17-14-7-5-8-15-9-11-16(12-10-15)18(19)20/h9-12,17H,2-8,13-14H2,1H3. The Balaban J connectivity index is 2.02. The van der Waals surface area contributed by atoms with Crippen LogP contribution in [0.3, 0.4) is 0 Å². The number of nitro groups is 1. The highest BCUT2D eigenvalue weighted by Gasteiger charge is 2.03. The molecule has 0 fully saturated rings. The minimum absolute atomic E-state index is 0.169. The Hall–Kier alpha value is -1.42. The number of rotatable bonds is 11. The molecule has 0 aliphatic rings. The second-order valence-corrected chi connectivity index (χ2v) is 5.19. The molecule has 4 heteroatoms. The van der Waals surface area contributed by atoms with Crippen molar-refractivity contribution in [1.29, 1.82) is 0 Å². The molecular formula is C16H26N2O2. The minimum Gasteiger partial charge on any atom is -0.317 e. The fraction of sp³-hybridized carbons (Fsp3) is 0.625. The number of benzene rings is 1. The summed E-state index contributed by atoms with van der Waals surface area (Å²) in [5.74, 6) is 0. The van der Waals surface area contributed by atoms with Crippen LogP contribution in [-0.2, 0) is 6.42 Å². The third kappa shape index (κ3) is 7.24. The van der Waals surface area contributed by atoms with Crippen molar-refractivity contribution in [3.05, 3.63) is 39.9 Å². The molecular weight excluding hydrogens is 252 g/mol. The Morgan fingerprint density at radius 2 is 1.65 bits per heavy atom. The number of nitrogens with zero attached hydrogens (tertiary/aromatic N) is 1. The second kappa shape index (κ2) is 10.4. The Morgan fingerprint density at radius 1 is 1.00 bits per heavy atom. The highest BCUT2D eigenvalue weighted by atomic mass is 16.6. The summed E-state index contributed by atoms with van der Waals surface area (Å²) in [7, 11) is 0. The Kier molecular flexibility index (Phi) is 8.63. The van der Waals surface area contributed by atoms with Gasteiger partial charge < -0.3 is 5.32 Å². The van der Waals surface area contributed by atoms with Gasteiger partial charge in [0.2, 0.25) is 0 Å². The third-order valence-electron chi connectivity index (χ3n) is 3.42. The maximum absolute atomic E-state index is 10.5. The van der Waals surface area contributed by atoms with Crippen LogP contribution < -0.4 is 5.32 Å². The van der Waals surface area contributed by atoms with Crippen molar-refractivity contribution in [3.63, 3.8) is 0 Å². The average Bonchev–Trinajstić information content (AvgIpc) is 2.46. The van der Waals surface area contributed by atoms with E-state index in [4.69, 9.17) is 0 Å². The quantitative estimate of drug-likeness (QED) is 0.377. The first-order valence-electron chi connectivity index (χ1n) is 7.68. The molecule has 0 bridgehead atoms. The molecule has 0 aromatic heterocycles. The highest BCUT2D eigenvalue weighted by Crippen LogP contribution is 2.13. The normalized spacial score (nSPS) is 10.7. The lowest BCUT2D eigenvalue weighted by atomic mass is 10.1. The molecule has 0 unspecified atom stereocenters. The van der Waals surface area contributed by atoms with Crippen LogP contribution in [0.15, 0.2) is 24.3 Å². The number of hydrogen-bond acceptors (Lipinski definition) is 3. The molecule has 0 aliphatic heterocycles. The van der Waals surface area contributed by atoms with E-state index in [2.05, 4.69) is 12.2 Å². The number of nitrogens with one attached hydrogen (secondary N) is 1. The van der Waals surface area contributed by atoms with E-state index in [1.54, 1.807) is 12.1 Å². The molecule has 112 valence electrons. The van der Waals surface area contributed by atoms with Gasteiger partial charge >= 0.3 is 0 Å². The van der Waals surface area contributed by atoms with E-state index in [-0.39, 0.29) is 10.6 Å². The van der Waals surface area contributed by atoms with Crippen molar-refractivity contribution in [1.82, 2.24) is 5.32 Å². The van der Waals surface area contributed by atoms with Crippen LogP contribution in [0, 0.1) is 10.1 Å². The molecule has 0 amide bonds. The van der Waals surface area contributed by atoms with Crippen LogP contribution >= 0.6 is 0 Å². The second-order valence-electron chi connectivity index (χ2n) is 5.19. The van der Waals surface area contributed by atoms with Gasteiger partial charge in [-0.3, -0.25) is 10.1 Å². The lowest BCUT2D eigenvalue weighted by Crippen LogP contribution is -2.16. The number of hydrogen-bond donors (Lipinski definition) is 1. The monoisotopic (exact) mass is 278 g/mol. The lowest BCUT2D eigenvalue weighted by molar-refractivity contribution is -0.384. The Bertz CT molecular complexity index is 377. The molecule has 4 nitrogen and oxygen atoms in total. The van der Waals surface area contributed by atoms with Gasteiger partial charge in [-0.15, -0.1) is 0 Å². The first-order chi connectivity index (χ1) is 9.74. The van der Waals surface area contributed by atoms with E-state index < -0.39 is 0 Å². The molecule has 0 spiro atoms. The zero-order valence-corrected chi connectivity index (χ0v) is 12.4. The van der Waals surface area contributed by atoms with Crippen LogP contribution in [0.4, 0.5) is 5.69 Å². The summed E-state index contributed by atoms with van der Waals surface area (Å²) in [5.41, 5.74) is 1.35. The van der Waals surface area contributed by atoms with Crippen molar-refractivity contribution < 1.29 is 4.92 Å². The Morgan fingerprint density at radius 3 is 2.25 bits per heavy atom. The zero-order chi connectivity index (χ0) is 14.6. The summed E-state index contributed by atoms with van der Waals surface area (Å²) >= 11 is 0. The maximum atomic E-state index is 10.5. The molecule has 0 atom stereocenters. The van der Waals surface area contributed by atoms with E-state index in [0.717, 1.165) is 32.4 Å². The van der Waals surface area contributed by atoms with Crippen molar-refractivity contribution in [2.45, 2.75) is 51.9 Å². The highest BCUT2D eigenvalue weighted by molar-refractivity contribution is 5.32. The SMILES string of the molecule is CCCCCCNCCCCc1ccc([N+](=O)[O-])cc1. The molecule has 0 heterocycles. The van der Waals surface area contributed by atoms with Crippen LogP contribution in [0.1, 0.15) is 51.0 Å². The summed E-state index contributed by atoms with van der Waals surface area (Å²) in [5, 5.41) is 14.0. The van der Waals surface area contributed by atoms with Gasteiger partial charge in [0.05, 0.1) is 4.92 Å². The van der Waals surface area contributed by atoms with Crippen LogP contribution in [0.2, 0.25) is 0 Å². The van der Waals surface area contributed by atoms with Gasteiger partial charge in [0, 0.05) is 12.1 Å². The predicted octanol–water partition coefficient (Wildman–Crippen LogP) is 4.09. The lowest BCUT2D eigenvalue weighted by Gasteiger charge is -2.05. The summed E-state index contributed by atoms with van der Waals surface area (Å²) in [6.07, 6.45) is 8.50. The topological polar surface area (TPSA) is 55.2 Å². The molecule has 20 heavy (non-hydrogen) atoms. The van der Waals surface area contributed by atoms with E-state index >= 15 is 0 Å². The first-order valence-corrected chi connectivity index (χ1v) is 7.68. The maximum Gasteiger partial charge on any atom is 0.269 e. The number of nitro benzene ring substituents is 1. The summed E-state index contributed by atoms with van der Waals surface area (Å²) in [4.78, 5) is 10.2. The van der Waals surface area contributed by atoms with Gasteiger partial charge in [0.15, 0.2) is 0 Å². The predicted molar refractivity (Wildman–Crippen MR) is 83.0 cm³/mol. The van der Waals surface area contributed by atoms with E-state index in [9.17, 15) is 10.1 Å². The molecule has 0 aliphatic carbocycles. The number of aryl methyl sites for hydroxylation is 1. The van der Waals surface area contributed by atoms with Crippen molar-refractivity contribution in [2.24, 2.45) is 0 Å². The van der Waals surface area contributed by atoms with Crippen molar-refractivity contribution in [2.75, 3.05) is 13.1 Å². The van der Waals surface area contributed by atoms with Crippen LogP contribution in [0.5, 0.6) is 0 Å². The molecule has 1 rings (SSSR count). The molecule has 1 N–H and O–H groups in total.